The number of rotatable bonds is 8. The normalized spacial score (nSPS) is 16.5. The van der Waals surface area contributed by atoms with E-state index in [0.717, 1.165) is 6.42 Å². The van der Waals surface area contributed by atoms with Crippen LogP contribution in [0.1, 0.15) is 68.2 Å². The van der Waals surface area contributed by atoms with Gasteiger partial charge < -0.3 is 19.6 Å². The van der Waals surface area contributed by atoms with Crippen molar-refractivity contribution < 1.29 is 23.9 Å². The zero-order valence-corrected chi connectivity index (χ0v) is 19.2. The molecule has 0 aliphatic rings. The van der Waals surface area contributed by atoms with Crippen molar-refractivity contribution in [3.05, 3.63) is 0 Å². The lowest BCUT2D eigenvalue weighted by Crippen LogP contribution is -2.55. The van der Waals surface area contributed by atoms with E-state index in [1.165, 1.54) is 0 Å². The molecule has 3 atom stereocenters. The van der Waals surface area contributed by atoms with Gasteiger partial charge in [0, 0.05) is 0 Å². The fourth-order valence-electron chi connectivity index (χ4n) is 2.27. The maximum Gasteiger partial charge on any atom is 0.407 e. The molecule has 0 unspecified atom stereocenters. The molecule has 0 heterocycles. The van der Waals surface area contributed by atoms with Crippen molar-refractivity contribution >= 4 is 20.4 Å². The summed E-state index contributed by atoms with van der Waals surface area (Å²) < 4.78 is 11.8. The van der Waals surface area contributed by atoms with Crippen LogP contribution in [-0.2, 0) is 14.0 Å². The highest BCUT2D eigenvalue weighted by Crippen LogP contribution is 2.38. The second kappa shape index (κ2) is 9.22. The highest BCUT2D eigenvalue weighted by Gasteiger charge is 2.42. The lowest BCUT2D eigenvalue weighted by atomic mass is 9.93. The molecule has 0 rings (SSSR count). The van der Waals surface area contributed by atoms with Gasteiger partial charge in [-0.2, -0.15) is 0 Å². The van der Waals surface area contributed by atoms with E-state index in [4.69, 9.17) is 9.16 Å². The number of carboxylic acids is 1. The van der Waals surface area contributed by atoms with Crippen molar-refractivity contribution in [3.63, 3.8) is 0 Å². The average Bonchev–Trinajstić information content (AvgIpc) is 2.39. The predicted octanol–water partition coefficient (Wildman–Crippen LogP) is 4.79. The van der Waals surface area contributed by atoms with Crippen molar-refractivity contribution in [2.45, 2.75) is 104 Å². The lowest BCUT2D eigenvalue weighted by Gasteiger charge is -2.42. The average molecular weight is 390 g/mol. The molecule has 0 bridgehead atoms. The van der Waals surface area contributed by atoms with E-state index in [1.54, 1.807) is 20.8 Å². The number of carbonyl (C=O) groups excluding carboxylic acids is 1. The molecule has 154 valence electrons. The van der Waals surface area contributed by atoms with Gasteiger partial charge in [0.05, 0.1) is 18.6 Å². The lowest BCUT2D eigenvalue weighted by molar-refractivity contribution is -0.139. The summed E-state index contributed by atoms with van der Waals surface area (Å²) in [5.74, 6) is -0.885. The quantitative estimate of drug-likeness (QED) is 0.583. The molecule has 0 aromatic carbocycles. The summed E-state index contributed by atoms with van der Waals surface area (Å²) in [5, 5.41) is 12.2. The number of amides is 1. The Hall–Kier alpha value is -1.08. The molecule has 1 amide bonds. The van der Waals surface area contributed by atoms with Crippen LogP contribution in [0, 0.1) is 5.92 Å². The first-order chi connectivity index (χ1) is 11.5. The molecule has 26 heavy (non-hydrogen) atoms. The Bertz CT molecular complexity index is 479. The zero-order chi connectivity index (χ0) is 20.9. The van der Waals surface area contributed by atoms with Crippen molar-refractivity contribution in [1.82, 2.24) is 5.32 Å². The maximum atomic E-state index is 12.3. The van der Waals surface area contributed by atoms with Gasteiger partial charge in [-0.25, -0.2) is 4.79 Å². The topological polar surface area (TPSA) is 84.9 Å². The largest absolute Gasteiger partial charge is 0.481 e. The zero-order valence-electron chi connectivity index (χ0n) is 18.2. The van der Waals surface area contributed by atoms with Gasteiger partial charge in [-0.3, -0.25) is 4.79 Å². The predicted molar refractivity (Wildman–Crippen MR) is 107 cm³/mol. The van der Waals surface area contributed by atoms with Crippen molar-refractivity contribution in [1.29, 1.82) is 0 Å². The third-order valence-corrected chi connectivity index (χ3v) is 9.47. The van der Waals surface area contributed by atoms with Crippen LogP contribution in [0.5, 0.6) is 0 Å². The molecule has 0 fully saturated rings. The fraction of sp³-hybridized carbons (Fsp3) is 0.895. The molecule has 2 N–H and O–H groups in total. The first-order valence-electron chi connectivity index (χ1n) is 9.39. The smallest absolute Gasteiger partial charge is 0.407 e. The van der Waals surface area contributed by atoms with Crippen molar-refractivity contribution in [2.24, 2.45) is 5.92 Å². The van der Waals surface area contributed by atoms with Crippen LogP contribution in [0.2, 0.25) is 18.1 Å². The van der Waals surface area contributed by atoms with Crippen LogP contribution in [0.25, 0.3) is 0 Å². The second-order valence-electron chi connectivity index (χ2n) is 9.57. The molecule has 6 nitrogen and oxygen atoms in total. The minimum atomic E-state index is -2.21. The summed E-state index contributed by atoms with van der Waals surface area (Å²) in [7, 11) is -2.21. The number of ether oxygens (including phenoxy) is 1. The highest BCUT2D eigenvalue weighted by molar-refractivity contribution is 6.74. The molecule has 7 heteroatoms. The summed E-state index contributed by atoms with van der Waals surface area (Å²) in [6, 6.07) is -0.430. The first kappa shape index (κ1) is 24.9. The number of hydrogen-bond donors (Lipinski definition) is 2. The number of hydrogen-bond acceptors (Lipinski definition) is 4. The molecule has 0 spiro atoms. The van der Waals surface area contributed by atoms with Crippen LogP contribution in [0.4, 0.5) is 4.79 Å². The summed E-state index contributed by atoms with van der Waals surface area (Å²) in [6.45, 7) is 19.9. The number of carboxylic acid groups (broad SMARTS) is 1. The number of aliphatic carboxylic acids is 1. The molecule has 0 aromatic heterocycles. The minimum absolute atomic E-state index is 0.0524. The Morgan fingerprint density at radius 1 is 1.12 bits per heavy atom. The van der Waals surface area contributed by atoms with Crippen molar-refractivity contribution in [2.75, 3.05) is 0 Å². The SMILES string of the molecule is CC[C@H](C)[C@H](NC(=O)OC(C)(C)C)[C@@H](CC(=O)O)O[Si](C)(C)C(C)(C)C. The van der Waals surface area contributed by atoms with Crippen LogP contribution in [0.15, 0.2) is 0 Å². The molecule has 0 aromatic rings. The van der Waals surface area contributed by atoms with E-state index in [2.05, 4.69) is 39.2 Å². The maximum absolute atomic E-state index is 12.3. The molecule has 0 saturated heterocycles. The van der Waals surface area contributed by atoms with Gasteiger partial charge in [0.25, 0.3) is 0 Å². The van der Waals surface area contributed by atoms with Gasteiger partial charge in [0.15, 0.2) is 8.32 Å². The summed E-state index contributed by atoms with van der Waals surface area (Å²) in [4.78, 5) is 23.8. The Labute approximate surface area is 160 Å². The molecule has 0 saturated carbocycles. The third kappa shape index (κ3) is 8.53. The number of carbonyl (C=O) groups is 2. The van der Waals surface area contributed by atoms with E-state index in [9.17, 15) is 14.7 Å². The van der Waals surface area contributed by atoms with E-state index in [0.29, 0.717) is 0 Å². The number of alkyl carbamates (subject to hydrolysis) is 1. The monoisotopic (exact) mass is 389 g/mol. The van der Waals surface area contributed by atoms with E-state index >= 15 is 0 Å². The Morgan fingerprint density at radius 2 is 1.62 bits per heavy atom. The second-order valence-corrected chi connectivity index (χ2v) is 14.3. The Kier molecular flexibility index (Phi) is 8.83. The van der Waals surface area contributed by atoms with Gasteiger partial charge in [0.1, 0.15) is 5.60 Å². The van der Waals surface area contributed by atoms with Crippen LogP contribution in [-0.4, -0.2) is 43.2 Å². The van der Waals surface area contributed by atoms with Gasteiger partial charge >= 0.3 is 12.1 Å². The fourth-order valence-corrected chi connectivity index (χ4v) is 3.61. The van der Waals surface area contributed by atoms with Crippen LogP contribution >= 0.6 is 0 Å². The molecule has 0 radical (unpaired) electrons. The number of nitrogens with one attached hydrogen (secondary N) is 1. The van der Waals surface area contributed by atoms with Gasteiger partial charge in [-0.05, 0) is 44.8 Å². The highest BCUT2D eigenvalue weighted by atomic mass is 28.4. The Balaban J connectivity index is 5.62. The van der Waals surface area contributed by atoms with E-state index in [1.807, 2.05) is 13.8 Å². The van der Waals surface area contributed by atoms with Gasteiger partial charge in [-0.15, -0.1) is 0 Å². The minimum Gasteiger partial charge on any atom is -0.481 e. The summed E-state index contributed by atoms with van der Waals surface area (Å²) in [6.07, 6.45) is -0.512. The third-order valence-electron chi connectivity index (χ3n) is 4.97. The molecule has 0 aliphatic heterocycles. The first-order valence-corrected chi connectivity index (χ1v) is 12.3. The van der Waals surface area contributed by atoms with Crippen LogP contribution < -0.4 is 5.32 Å². The summed E-state index contributed by atoms with van der Waals surface area (Å²) in [5.41, 5.74) is -0.618. The van der Waals surface area contributed by atoms with Gasteiger partial charge in [0.2, 0.25) is 0 Å². The van der Waals surface area contributed by atoms with Crippen LogP contribution in [0.3, 0.4) is 0 Å². The molecule has 0 aliphatic carbocycles. The molecular weight excluding hydrogens is 350 g/mol. The van der Waals surface area contributed by atoms with Crippen molar-refractivity contribution in [3.8, 4) is 0 Å². The Morgan fingerprint density at radius 3 is 1.96 bits per heavy atom. The summed E-state index contributed by atoms with van der Waals surface area (Å²) >= 11 is 0. The van der Waals surface area contributed by atoms with E-state index in [-0.39, 0.29) is 17.4 Å². The molecular formula is C19H39NO5Si. The van der Waals surface area contributed by atoms with Gasteiger partial charge in [-0.1, -0.05) is 41.0 Å². The van der Waals surface area contributed by atoms with E-state index < -0.39 is 38.1 Å². The standard InChI is InChI=1S/C19H39NO5Si/c1-11-13(2)16(20-17(23)24-18(3,4)5)14(12-15(21)22)25-26(9,10)19(6,7)8/h13-14,16H,11-12H2,1-10H3,(H,20,23)(H,21,22)/t13-,14+,16-/m0/s1.